The maximum Gasteiger partial charge on any atom is 0.323 e. The first-order valence-corrected chi connectivity index (χ1v) is 4.00. The Kier molecular flexibility index (Phi) is 4.60. The van der Waals surface area contributed by atoms with Gasteiger partial charge in [0.2, 0.25) is 0 Å². The predicted octanol–water partition coefficient (Wildman–Crippen LogP) is 1.52. The van der Waals surface area contributed by atoms with Gasteiger partial charge in [-0.2, -0.15) is 0 Å². The lowest BCUT2D eigenvalue weighted by molar-refractivity contribution is -0.137. The van der Waals surface area contributed by atoms with Crippen LogP contribution in [-0.2, 0) is 4.79 Å². The molecule has 0 radical (unpaired) electrons. The van der Waals surface area contributed by atoms with Crippen LogP contribution in [-0.4, -0.2) is 28.4 Å². The fraction of sp³-hybridized carbons (Fsp3) is 0.500. The van der Waals surface area contributed by atoms with Gasteiger partial charge in [-0.05, 0) is 12.3 Å². The topological polar surface area (TPSA) is 40.5 Å². The van der Waals surface area contributed by atoms with Gasteiger partial charge in [-0.1, -0.05) is 0 Å². The summed E-state index contributed by atoms with van der Waals surface area (Å²) in [5.41, 5.74) is 1.05. The molecule has 5 heteroatoms. The molecule has 0 atom stereocenters. The SMILES string of the molecule is Br.CC1=CSCN1CC(=O)O. The zero-order valence-corrected chi connectivity index (χ0v) is 8.64. The van der Waals surface area contributed by atoms with Gasteiger partial charge in [0.25, 0.3) is 0 Å². The molecule has 0 amide bonds. The molecule has 0 aromatic heterocycles. The molecule has 3 nitrogen and oxygen atoms in total. The fourth-order valence-electron chi connectivity index (χ4n) is 0.758. The second-order valence-corrected chi connectivity index (χ2v) is 2.97. The lowest BCUT2D eigenvalue weighted by Gasteiger charge is -2.15. The number of rotatable bonds is 2. The summed E-state index contributed by atoms with van der Waals surface area (Å²) in [5, 5.41) is 10.4. The number of hydrogen-bond acceptors (Lipinski definition) is 3. The van der Waals surface area contributed by atoms with Crippen molar-refractivity contribution in [2.24, 2.45) is 0 Å². The van der Waals surface area contributed by atoms with E-state index in [1.54, 1.807) is 11.8 Å². The highest BCUT2D eigenvalue weighted by molar-refractivity contribution is 8.93. The van der Waals surface area contributed by atoms with E-state index in [1.807, 2.05) is 17.2 Å². The summed E-state index contributed by atoms with van der Waals surface area (Å²) in [6.07, 6.45) is 0. The van der Waals surface area contributed by atoms with Crippen LogP contribution in [0.5, 0.6) is 0 Å². The van der Waals surface area contributed by atoms with Crippen LogP contribution in [0.2, 0.25) is 0 Å². The molecule has 1 aliphatic rings. The molecule has 1 rings (SSSR count). The summed E-state index contributed by atoms with van der Waals surface area (Å²) < 4.78 is 0. The predicted molar refractivity (Wildman–Crippen MR) is 50.9 cm³/mol. The van der Waals surface area contributed by atoms with E-state index in [2.05, 4.69) is 0 Å². The molecule has 11 heavy (non-hydrogen) atoms. The van der Waals surface area contributed by atoms with Crippen LogP contribution in [0.3, 0.4) is 0 Å². The van der Waals surface area contributed by atoms with Gasteiger partial charge in [0.05, 0.1) is 5.88 Å². The van der Waals surface area contributed by atoms with E-state index in [9.17, 15) is 4.79 Å². The van der Waals surface area contributed by atoms with Crippen LogP contribution in [0.15, 0.2) is 11.1 Å². The lowest BCUT2D eigenvalue weighted by atomic mass is 10.4. The number of halogens is 1. The van der Waals surface area contributed by atoms with E-state index in [-0.39, 0.29) is 23.5 Å². The van der Waals surface area contributed by atoms with Crippen molar-refractivity contribution in [3.63, 3.8) is 0 Å². The lowest BCUT2D eigenvalue weighted by Crippen LogP contribution is -2.24. The Hall–Kier alpha value is -0.160. The maximum atomic E-state index is 10.2. The van der Waals surface area contributed by atoms with Gasteiger partial charge in [0.1, 0.15) is 6.54 Å². The van der Waals surface area contributed by atoms with Crippen molar-refractivity contribution in [1.82, 2.24) is 4.90 Å². The summed E-state index contributed by atoms with van der Waals surface area (Å²) in [6.45, 7) is 2.04. The maximum absolute atomic E-state index is 10.2. The van der Waals surface area contributed by atoms with E-state index in [0.29, 0.717) is 0 Å². The second kappa shape index (κ2) is 4.66. The Labute approximate surface area is 80.2 Å². The highest BCUT2D eigenvalue weighted by atomic mass is 79.9. The molecule has 1 N–H and O–H groups in total. The number of thioether (sulfide) groups is 1. The normalized spacial score (nSPS) is 15.7. The molecule has 64 valence electrons. The molecule has 0 saturated carbocycles. The van der Waals surface area contributed by atoms with Crippen LogP contribution in [0.1, 0.15) is 6.92 Å². The summed E-state index contributed by atoms with van der Waals surface area (Å²) >= 11 is 1.63. The van der Waals surface area contributed by atoms with Crippen LogP contribution in [0.4, 0.5) is 0 Å². The molecule has 0 aliphatic carbocycles. The van der Waals surface area contributed by atoms with E-state index in [1.165, 1.54) is 0 Å². The molecular weight excluding hydrogens is 230 g/mol. The molecule has 0 fully saturated rings. The third-order valence-corrected chi connectivity index (χ3v) is 2.28. The summed E-state index contributed by atoms with van der Waals surface area (Å²) in [6, 6.07) is 0. The van der Waals surface area contributed by atoms with Gasteiger partial charge in [-0.3, -0.25) is 4.79 Å². The minimum absolute atomic E-state index is 0. The Bertz CT molecular complexity index is 183. The van der Waals surface area contributed by atoms with Gasteiger partial charge in [-0.25, -0.2) is 0 Å². The Morgan fingerprint density at radius 1 is 1.91 bits per heavy atom. The largest absolute Gasteiger partial charge is 0.480 e. The summed E-state index contributed by atoms with van der Waals surface area (Å²) in [7, 11) is 0. The number of hydrogen-bond donors (Lipinski definition) is 1. The molecule has 0 aromatic carbocycles. The highest BCUT2D eigenvalue weighted by Crippen LogP contribution is 2.21. The quantitative estimate of drug-likeness (QED) is 0.794. The second-order valence-electron chi connectivity index (χ2n) is 2.15. The third-order valence-electron chi connectivity index (χ3n) is 1.31. The minimum Gasteiger partial charge on any atom is -0.480 e. The molecule has 1 aliphatic heterocycles. The van der Waals surface area contributed by atoms with Gasteiger partial charge in [0.15, 0.2) is 0 Å². The first-order valence-electron chi connectivity index (χ1n) is 2.95. The number of carbonyl (C=O) groups is 1. The molecule has 0 bridgehead atoms. The van der Waals surface area contributed by atoms with Crippen molar-refractivity contribution < 1.29 is 9.90 Å². The van der Waals surface area contributed by atoms with E-state index in [4.69, 9.17) is 5.11 Å². The minimum atomic E-state index is -0.768. The number of aliphatic carboxylic acids is 1. The van der Waals surface area contributed by atoms with E-state index >= 15 is 0 Å². The molecular formula is C6H10BrNO2S. The van der Waals surface area contributed by atoms with Crippen molar-refractivity contribution in [2.45, 2.75) is 6.92 Å². The van der Waals surface area contributed by atoms with Crippen molar-refractivity contribution in [1.29, 1.82) is 0 Å². The van der Waals surface area contributed by atoms with Crippen LogP contribution >= 0.6 is 28.7 Å². The Morgan fingerprint density at radius 2 is 2.55 bits per heavy atom. The van der Waals surface area contributed by atoms with Gasteiger partial charge >= 0.3 is 5.97 Å². The van der Waals surface area contributed by atoms with Crippen molar-refractivity contribution in [2.75, 3.05) is 12.4 Å². The average Bonchev–Trinajstić information content (AvgIpc) is 2.15. The van der Waals surface area contributed by atoms with Gasteiger partial charge in [-0.15, -0.1) is 28.7 Å². The molecule has 0 spiro atoms. The monoisotopic (exact) mass is 239 g/mol. The standard InChI is InChI=1S/C6H9NO2S.BrH/c1-5-3-10-4-7(5)2-6(8)9;/h3H,2,4H2,1H3,(H,8,9);1H. The fourth-order valence-corrected chi connectivity index (χ4v) is 1.70. The number of nitrogens with zero attached hydrogens (tertiary/aromatic N) is 1. The van der Waals surface area contributed by atoms with Gasteiger partial charge in [0, 0.05) is 5.70 Å². The van der Waals surface area contributed by atoms with Crippen molar-refractivity contribution in [3.8, 4) is 0 Å². The zero-order valence-electron chi connectivity index (χ0n) is 6.11. The Morgan fingerprint density at radius 3 is 2.91 bits per heavy atom. The third kappa shape index (κ3) is 3.16. The van der Waals surface area contributed by atoms with E-state index in [0.717, 1.165) is 11.6 Å². The summed E-state index contributed by atoms with van der Waals surface area (Å²) in [5.74, 6) is 0.00764. The average molecular weight is 240 g/mol. The van der Waals surface area contributed by atoms with E-state index < -0.39 is 5.97 Å². The number of allylic oxidation sites excluding steroid dienone is 1. The van der Waals surface area contributed by atoms with Crippen LogP contribution in [0, 0.1) is 0 Å². The van der Waals surface area contributed by atoms with Crippen LogP contribution < -0.4 is 0 Å². The number of carboxylic acid groups (broad SMARTS) is 1. The van der Waals surface area contributed by atoms with Crippen molar-refractivity contribution >= 4 is 34.7 Å². The smallest absolute Gasteiger partial charge is 0.323 e. The molecule has 1 heterocycles. The molecule has 0 aromatic rings. The van der Waals surface area contributed by atoms with Crippen LogP contribution in [0.25, 0.3) is 0 Å². The Balaban J connectivity index is 0.000001000. The van der Waals surface area contributed by atoms with Crippen molar-refractivity contribution in [3.05, 3.63) is 11.1 Å². The molecule has 0 unspecified atom stereocenters. The number of carboxylic acids is 1. The first-order chi connectivity index (χ1) is 4.70. The first kappa shape index (κ1) is 10.8. The van der Waals surface area contributed by atoms with Gasteiger partial charge < -0.3 is 10.0 Å². The zero-order chi connectivity index (χ0) is 7.56. The summed E-state index contributed by atoms with van der Waals surface area (Å²) in [4.78, 5) is 12.0. The molecule has 0 saturated heterocycles. The highest BCUT2D eigenvalue weighted by Gasteiger charge is 2.13.